The first kappa shape index (κ1) is 20.8. The largest absolute Gasteiger partial charge is 0.339 e. The Bertz CT molecular complexity index is 896. The maximum absolute atomic E-state index is 13.1. The van der Waals surface area contributed by atoms with E-state index in [1.165, 1.54) is 24.3 Å². The van der Waals surface area contributed by atoms with Crippen LogP contribution in [0.25, 0.3) is 0 Å². The maximum atomic E-state index is 13.1. The third kappa shape index (κ3) is 5.32. The van der Waals surface area contributed by atoms with Gasteiger partial charge in [-0.1, -0.05) is 41.9 Å². The third-order valence-electron chi connectivity index (χ3n) is 4.82. The van der Waals surface area contributed by atoms with Crippen molar-refractivity contribution in [1.29, 1.82) is 0 Å². The van der Waals surface area contributed by atoms with Gasteiger partial charge in [-0.2, -0.15) is 4.72 Å². The van der Waals surface area contributed by atoms with Crippen LogP contribution in [0.4, 0.5) is 0 Å². The molecule has 28 heavy (non-hydrogen) atoms. The van der Waals surface area contributed by atoms with Crippen molar-refractivity contribution in [2.45, 2.75) is 17.4 Å². The summed E-state index contributed by atoms with van der Waals surface area (Å²) in [5.41, 5.74) is 0.897. The zero-order valence-electron chi connectivity index (χ0n) is 15.7. The van der Waals surface area contributed by atoms with Gasteiger partial charge < -0.3 is 9.80 Å². The van der Waals surface area contributed by atoms with Crippen molar-refractivity contribution in [3.05, 3.63) is 65.2 Å². The monoisotopic (exact) mass is 421 g/mol. The SMILES string of the molecule is CN1CCN(C(=O)[C@@H](Cc2ccccc2)NS(=O)(=O)c2ccc(Cl)cc2)CC1. The van der Waals surface area contributed by atoms with E-state index in [-0.39, 0.29) is 10.8 Å². The molecule has 1 amide bonds. The van der Waals surface area contributed by atoms with Crippen molar-refractivity contribution in [3.63, 3.8) is 0 Å². The fourth-order valence-corrected chi connectivity index (χ4v) is 4.46. The minimum Gasteiger partial charge on any atom is -0.339 e. The van der Waals surface area contributed by atoms with Crippen LogP contribution < -0.4 is 4.72 Å². The molecular weight excluding hydrogens is 398 g/mol. The number of nitrogens with one attached hydrogen (secondary N) is 1. The number of benzene rings is 2. The molecule has 6 nitrogen and oxygen atoms in total. The molecule has 1 atom stereocenters. The molecule has 0 radical (unpaired) electrons. The number of amides is 1. The van der Waals surface area contributed by atoms with Crippen LogP contribution in [0.1, 0.15) is 5.56 Å². The lowest BCUT2D eigenvalue weighted by Gasteiger charge is -2.34. The highest BCUT2D eigenvalue weighted by Gasteiger charge is 2.30. The molecule has 1 aliphatic rings. The zero-order chi connectivity index (χ0) is 20.1. The summed E-state index contributed by atoms with van der Waals surface area (Å²) in [6.07, 6.45) is 0.291. The highest BCUT2D eigenvalue weighted by Crippen LogP contribution is 2.16. The lowest BCUT2D eigenvalue weighted by molar-refractivity contribution is -0.134. The van der Waals surface area contributed by atoms with Gasteiger partial charge in [0.25, 0.3) is 0 Å². The second kappa shape index (κ2) is 9.05. The molecule has 1 heterocycles. The van der Waals surface area contributed by atoms with E-state index in [1.807, 2.05) is 37.4 Å². The van der Waals surface area contributed by atoms with Crippen molar-refractivity contribution >= 4 is 27.5 Å². The Morgan fingerprint density at radius 1 is 1.04 bits per heavy atom. The minimum atomic E-state index is -3.86. The normalized spacial score (nSPS) is 16.7. The van der Waals surface area contributed by atoms with Gasteiger partial charge in [0.2, 0.25) is 15.9 Å². The Morgan fingerprint density at radius 3 is 2.25 bits per heavy atom. The lowest BCUT2D eigenvalue weighted by atomic mass is 10.1. The standard InChI is InChI=1S/C20H24ClN3O3S/c1-23-11-13-24(14-12-23)20(25)19(15-16-5-3-2-4-6-16)22-28(26,27)18-9-7-17(21)8-10-18/h2-10,19,22H,11-15H2,1H3/t19-/m1/s1. The van der Waals surface area contributed by atoms with Gasteiger partial charge in [0, 0.05) is 31.2 Å². The molecule has 3 rings (SSSR count). The molecule has 0 bridgehead atoms. The molecule has 1 aliphatic heterocycles. The van der Waals surface area contributed by atoms with E-state index in [2.05, 4.69) is 9.62 Å². The summed E-state index contributed by atoms with van der Waals surface area (Å²) in [7, 11) is -1.85. The highest BCUT2D eigenvalue weighted by molar-refractivity contribution is 7.89. The molecule has 0 unspecified atom stereocenters. The fourth-order valence-electron chi connectivity index (χ4n) is 3.15. The van der Waals surface area contributed by atoms with E-state index in [4.69, 9.17) is 11.6 Å². The van der Waals surface area contributed by atoms with Crippen molar-refractivity contribution in [2.24, 2.45) is 0 Å². The van der Waals surface area contributed by atoms with Crippen LogP contribution in [0, 0.1) is 0 Å². The second-order valence-electron chi connectivity index (χ2n) is 6.95. The topological polar surface area (TPSA) is 69.7 Å². The molecule has 2 aromatic rings. The van der Waals surface area contributed by atoms with Crippen LogP contribution in [-0.2, 0) is 21.2 Å². The van der Waals surface area contributed by atoms with Crippen LogP contribution in [0.2, 0.25) is 5.02 Å². The van der Waals surface area contributed by atoms with Crippen molar-refractivity contribution < 1.29 is 13.2 Å². The minimum absolute atomic E-state index is 0.0844. The second-order valence-corrected chi connectivity index (χ2v) is 9.10. The van der Waals surface area contributed by atoms with Crippen LogP contribution in [-0.4, -0.2) is 63.4 Å². The number of piperazine rings is 1. The van der Waals surface area contributed by atoms with Gasteiger partial charge in [0.1, 0.15) is 6.04 Å². The molecule has 1 saturated heterocycles. The summed E-state index contributed by atoms with van der Waals surface area (Å²) >= 11 is 5.86. The first-order valence-corrected chi connectivity index (χ1v) is 11.0. The molecule has 1 fully saturated rings. The quantitative estimate of drug-likeness (QED) is 0.774. The Kier molecular flexibility index (Phi) is 6.72. The number of rotatable bonds is 6. The van der Waals surface area contributed by atoms with Gasteiger partial charge in [-0.05, 0) is 43.3 Å². The van der Waals surface area contributed by atoms with E-state index >= 15 is 0 Å². The van der Waals surface area contributed by atoms with Crippen LogP contribution in [0.5, 0.6) is 0 Å². The van der Waals surface area contributed by atoms with E-state index in [0.29, 0.717) is 24.5 Å². The van der Waals surface area contributed by atoms with Crippen LogP contribution in [0.15, 0.2) is 59.5 Å². The first-order valence-electron chi connectivity index (χ1n) is 9.14. The van der Waals surface area contributed by atoms with Crippen LogP contribution in [0.3, 0.4) is 0 Å². The van der Waals surface area contributed by atoms with Gasteiger partial charge in [0.05, 0.1) is 4.90 Å². The molecule has 2 aromatic carbocycles. The molecule has 0 aliphatic carbocycles. The molecule has 0 spiro atoms. The third-order valence-corrected chi connectivity index (χ3v) is 6.56. The van der Waals surface area contributed by atoms with Crippen molar-refractivity contribution in [3.8, 4) is 0 Å². The molecule has 8 heteroatoms. The van der Waals surface area contributed by atoms with Gasteiger partial charge in [-0.25, -0.2) is 8.42 Å². The molecule has 0 aromatic heterocycles. The number of sulfonamides is 1. The summed E-state index contributed by atoms with van der Waals surface area (Å²) in [6, 6.07) is 14.5. The Hall–Kier alpha value is -1.93. The van der Waals surface area contributed by atoms with E-state index in [9.17, 15) is 13.2 Å². The summed E-state index contributed by atoms with van der Waals surface area (Å²) in [5.74, 6) is -0.200. The Balaban J connectivity index is 1.83. The predicted molar refractivity (Wildman–Crippen MR) is 110 cm³/mol. The molecule has 1 N–H and O–H groups in total. The molecular formula is C20H24ClN3O3S. The lowest BCUT2D eigenvalue weighted by Crippen LogP contribution is -2.54. The number of carbonyl (C=O) groups excluding carboxylic acids is 1. The summed E-state index contributed by atoms with van der Waals surface area (Å²) < 4.78 is 28.3. The number of carbonyl (C=O) groups is 1. The molecule has 150 valence electrons. The summed E-state index contributed by atoms with van der Waals surface area (Å²) in [5, 5.41) is 0.452. The van der Waals surface area contributed by atoms with Gasteiger partial charge in [-0.3, -0.25) is 4.79 Å². The van der Waals surface area contributed by atoms with E-state index in [0.717, 1.165) is 18.7 Å². The first-order chi connectivity index (χ1) is 13.3. The van der Waals surface area contributed by atoms with Gasteiger partial charge in [0.15, 0.2) is 0 Å². The fraction of sp³-hybridized carbons (Fsp3) is 0.350. The van der Waals surface area contributed by atoms with Gasteiger partial charge in [-0.15, -0.1) is 0 Å². The molecule has 0 saturated carbocycles. The van der Waals surface area contributed by atoms with Crippen LogP contribution >= 0.6 is 11.6 Å². The number of hydrogen-bond donors (Lipinski definition) is 1. The number of nitrogens with zero attached hydrogens (tertiary/aromatic N) is 2. The predicted octanol–water partition coefficient (Wildman–Crippen LogP) is 2.00. The number of halogens is 1. The Labute approximate surface area is 171 Å². The average Bonchev–Trinajstić information content (AvgIpc) is 2.68. The number of hydrogen-bond acceptors (Lipinski definition) is 4. The summed E-state index contributed by atoms with van der Waals surface area (Å²) in [4.78, 5) is 17.1. The smallest absolute Gasteiger partial charge is 0.241 e. The van der Waals surface area contributed by atoms with Crippen molar-refractivity contribution in [1.82, 2.24) is 14.5 Å². The summed E-state index contributed by atoms with van der Waals surface area (Å²) in [6.45, 7) is 2.72. The zero-order valence-corrected chi connectivity index (χ0v) is 17.3. The highest BCUT2D eigenvalue weighted by atomic mass is 35.5. The van der Waals surface area contributed by atoms with E-state index < -0.39 is 16.1 Å². The number of likely N-dealkylation sites (N-methyl/N-ethyl adjacent to an activating group) is 1. The Morgan fingerprint density at radius 2 is 1.64 bits per heavy atom. The maximum Gasteiger partial charge on any atom is 0.241 e. The van der Waals surface area contributed by atoms with E-state index in [1.54, 1.807) is 4.90 Å². The van der Waals surface area contributed by atoms with Gasteiger partial charge >= 0.3 is 0 Å². The van der Waals surface area contributed by atoms with Crippen molar-refractivity contribution in [2.75, 3.05) is 33.2 Å². The average molecular weight is 422 g/mol.